The van der Waals surface area contributed by atoms with Gasteiger partial charge in [0.1, 0.15) is 11.5 Å². The van der Waals surface area contributed by atoms with Crippen LogP contribution in [-0.4, -0.2) is 26.0 Å². The van der Waals surface area contributed by atoms with Crippen molar-refractivity contribution in [3.05, 3.63) is 84.4 Å². The molecule has 0 amide bonds. The fraction of sp³-hybridized carbons (Fsp3) is 0.154. The molecule has 0 fully saturated rings. The average Bonchev–Trinajstić information content (AvgIpc) is 2.81. The fourth-order valence-electron chi connectivity index (χ4n) is 3.23. The second-order valence-corrected chi connectivity index (χ2v) is 7.02. The van der Waals surface area contributed by atoms with Crippen molar-refractivity contribution in [1.82, 2.24) is 0 Å². The van der Waals surface area contributed by atoms with Crippen LogP contribution in [0.4, 0.5) is 4.79 Å². The summed E-state index contributed by atoms with van der Waals surface area (Å²) in [6, 6.07) is 19.4. The van der Waals surface area contributed by atoms with Gasteiger partial charge in [0, 0.05) is 6.08 Å². The number of esters is 1. The monoisotopic (exact) mass is 432 g/mol. The lowest BCUT2D eigenvalue weighted by Crippen LogP contribution is -2.14. The molecular weight excluding hydrogens is 408 g/mol. The molecule has 0 spiro atoms. The molecule has 0 atom stereocenters. The minimum absolute atomic E-state index is 0.318. The molecule has 3 rings (SSSR count). The van der Waals surface area contributed by atoms with Crippen molar-refractivity contribution < 1.29 is 28.5 Å². The minimum atomic E-state index is -0.967. The Kier molecular flexibility index (Phi) is 7.29. The van der Waals surface area contributed by atoms with Crippen LogP contribution in [0.3, 0.4) is 0 Å². The Labute approximate surface area is 187 Å². The molecule has 3 aromatic rings. The highest BCUT2D eigenvalue weighted by atomic mass is 16.8. The van der Waals surface area contributed by atoms with Crippen LogP contribution >= 0.6 is 0 Å². The van der Waals surface area contributed by atoms with Crippen molar-refractivity contribution >= 4 is 12.1 Å². The quantitative estimate of drug-likeness (QED) is 0.202. The normalized spacial score (nSPS) is 10.2. The van der Waals surface area contributed by atoms with Crippen molar-refractivity contribution in [2.24, 2.45) is 0 Å². The van der Waals surface area contributed by atoms with Gasteiger partial charge in [0.25, 0.3) is 0 Å². The third kappa shape index (κ3) is 5.55. The highest BCUT2D eigenvalue weighted by Crippen LogP contribution is 2.33. The molecule has 164 valence electrons. The standard InChI is InChI=1S/C26H24O6/c1-5-25(27)30-16-31-26(28)32-22-12-8-20(9-13-22)24-15-17(2)23(14-18(24)3)19-6-10-21(29-4)11-7-19/h5-15H,1,16H2,2-4H3. The maximum absolute atomic E-state index is 11.7. The molecule has 0 aliphatic heterocycles. The summed E-state index contributed by atoms with van der Waals surface area (Å²) >= 11 is 0. The summed E-state index contributed by atoms with van der Waals surface area (Å²) in [4.78, 5) is 22.6. The first-order valence-electron chi connectivity index (χ1n) is 9.91. The molecule has 32 heavy (non-hydrogen) atoms. The Balaban J connectivity index is 1.71. The Hall–Kier alpha value is -4.06. The van der Waals surface area contributed by atoms with Crippen molar-refractivity contribution in [2.45, 2.75) is 13.8 Å². The maximum Gasteiger partial charge on any atom is 0.516 e. The van der Waals surface area contributed by atoms with Gasteiger partial charge in [-0.3, -0.25) is 0 Å². The van der Waals surface area contributed by atoms with Gasteiger partial charge in [-0.2, -0.15) is 0 Å². The van der Waals surface area contributed by atoms with Gasteiger partial charge in [-0.1, -0.05) is 43.0 Å². The lowest BCUT2D eigenvalue weighted by molar-refractivity contribution is -0.146. The minimum Gasteiger partial charge on any atom is -0.497 e. The number of carbonyl (C=O) groups excluding carboxylic acids is 2. The molecule has 6 heteroatoms. The summed E-state index contributed by atoms with van der Waals surface area (Å²) < 4.78 is 19.6. The van der Waals surface area contributed by atoms with Crippen LogP contribution in [0.1, 0.15) is 11.1 Å². The fourth-order valence-corrected chi connectivity index (χ4v) is 3.23. The molecule has 0 aliphatic rings. The molecule has 0 bridgehead atoms. The predicted octanol–water partition coefficient (Wildman–Crippen LogP) is 5.85. The average molecular weight is 432 g/mol. The zero-order valence-electron chi connectivity index (χ0n) is 18.2. The third-order valence-electron chi connectivity index (χ3n) is 4.88. The number of hydrogen-bond donors (Lipinski definition) is 0. The van der Waals surface area contributed by atoms with Gasteiger partial charge < -0.3 is 18.9 Å². The van der Waals surface area contributed by atoms with Gasteiger partial charge in [0.15, 0.2) is 0 Å². The van der Waals surface area contributed by atoms with E-state index in [0.717, 1.165) is 45.2 Å². The summed E-state index contributed by atoms with van der Waals surface area (Å²) in [6.45, 7) is 6.85. The van der Waals surface area contributed by atoms with Crippen LogP contribution in [0, 0.1) is 13.8 Å². The van der Waals surface area contributed by atoms with Crippen LogP contribution in [0.5, 0.6) is 11.5 Å². The Bertz CT molecular complexity index is 1110. The zero-order chi connectivity index (χ0) is 23.1. The number of rotatable bonds is 7. The van der Waals surface area contributed by atoms with Crippen molar-refractivity contribution in [3.63, 3.8) is 0 Å². The lowest BCUT2D eigenvalue weighted by Gasteiger charge is -2.14. The van der Waals surface area contributed by atoms with Gasteiger partial charge in [-0.25, -0.2) is 9.59 Å². The summed E-state index contributed by atoms with van der Waals surface area (Å²) in [7, 11) is 1.65. The van der Waals surface area contributed by atoms with Gasteiger partial charge >= 0.3 is 12.1 Å². The summed E-state index contributed by atoms with van der Waals surface area (Å²) in [5, 5.41) is 0. The highest BCUT2D eigenvalue weighted by Gasteiger charge is 2.11. The third-order valence-corrected chi connectivity index (χ3v) is 4.88. The molecule has 0 aromatic heterocycles. The zero-order valence-corrected chi connectivity index (χ0v) is 18.2. The molecule has 0 aliphatic carbocycles. The van der Waals surface area contributed by atoms with E-state index in [0.29, 0.717) is 5.75 Å². The number of aryl methyl sites for hydroxylation is 2. The molecule has 0 heterocycles. The van der Waals surface area contributed by atoms with Crippen molar-refractivity contribution in [2.75, 3.05) is 13.9 Å². The first kappa shape index (κ1) is 22.6. The van der Waals surface area contributed by atoms with Gasteiger partial charge in [0.2, 0.25) is 6.79 Å². The molecule has 0 saturated heterocycles. The van der Waals surface area contributed by atoms with Gasteiger partial charge in [0.05, 0.1) is 7.11 Å². The van der Waals surface area contributed by atoms with E-state index in [1.807, 2.05) is 36.4 Å². The number of hydrogen-bond acceptors (Lipinski definition) is 6. The summed E-state index contributed by atoms with van der Waals surface area (Å²) in [5.41, 5.74) is 6.64. The maximum atomic E-state index is 11.7. The molecule has 0 unspecified atom stereocenters. The number of benzene rings is 3. The van der Waals surface area contributed by atoms with Crippen LogP contribution in [0.25, 0.3) is 22.3 Å². The largest absolute Gasteiger partial charge is 0.516 e. The predicted molar refractivity (Wildman–Crippen MR) is 122 cm³/mol. The molecule has 0 radical (unpaired) electrons. The molecule has 0 saturated carbocycles. The van der Waals surface area contributed by atoms with Crippen LogP contribution in [0.15, 0.2) is 73.3 Å². The Morgan fingerprint density at radius 3 is 1.78 bits per heavy atom. The van der Waals surface area contributed by atoms with E-state index < -0.39 is 18.9 Å². The van der Waals surface area contributed by atoms with E-state index >= 15 is 0 Å². The summed E-state index contributed by atoms with van der Waals surface area (Å²) in [6.07, 6.45) is 0.00573. The van der Waals surface area contributed by atoms with Crippen molar-refractivity contribution in [1.29, 1.82) is 0 Å². The van der Waals surface area contributed by atoms with Crippen LogP contribution in [0.2, 0.25) is 0 Å². The van der Waals surface area contributed by atoms with Crippen LogP contribution < -0.4 is 9.47 Å². The first-order valence-corrected chi connectivity index (χ1v) is 9.91. The number of carbonyl (C=O) groups is 2. The second-order valence-electron chi connectivity index (χ2n) is 7.02. The Morgan fingerprint density at radius 2 is 1.31 bits per heavy atom. The number of methoxy groups -OCH3 is 1. The van der Waals surface area contributed by atoms with E-state index in [1.165, 1.54) is 0 Å². The molecule has 3 aromatic carbocycles. The molecule has 6 nitrogen and oxygen atoms in total. The second kappa shape index (κ2) is 10.3. The smallest absolute Gasteiger partial charge is 0.497 e. The van der Waals surface area contributed by atoms with Crippen LogP contribution in [-0.2, 0) is 14.3 Å². The molecular formula is C26H24O6. The van der Waals surface area contributed by atoms with E-state index in [9.17, 15) is 9.59 Å². The first-order chi connectivity index (χ1) is 15.4. The highest BCUT2D eigenvalue weighted by molar-refractivity contribution is 5.81. The van der Waals surface area contributed by atoms with E-state index in [-0.39, 0.29) is 0 Å². The Morgan fingerprint density at radius 1 is 0.812 bits per heavy atom. The lowest BCUT2D eigenvalue weighted by atomic mass is 9.92. The molecule has 0 N–H and O–H groups in total. The topological polar surface area (TPSA) is 71.1 Å². The van der Waals surface area contributed by atoms with Crippen molar-refractivity contribution in [3.8, 4) is 33.8 Å². The number of ether oxygens (including phenoxy) is 4. The van der Waals surface area contributed by atoms with E-state index in [4.69, 9.17) is 9.47 Å². The van der Waals surface area contributed by atoms with Gasteiger partial charge in [-0.15, -0.1) is 0 Å². The SMILES string of the molecule is C=CC(=O)OCOC(=O)Oc1ccc(-c2cc(C)c(-c3ccc(OC)cc3)cc2C)cc1. The van der Waals surface area contributed by atoms with E-state index in [1.54, 1.807) is 19.2 Å². The van der Waals surface area contributed by atoms with Gasteiger partial charge in [-0.05, 0) is 71.5 Å². The van der Waals surface area contributed by atoms with E-state index in [2.05, 4.69) is 42.0 Å². The summed E-state index contributed by atoms with van der Waals surface area (Å²) in [5.74, 6) is 0.451.